The summed E-state index contributed by atoms with van der Waals surface area (Å²) in [7, 11) is 0. The molecule has 11 aromatic rings. The molecular weight excluding hydrogens is 693 g/mol. The first-order chi connectivity index (χ1) is 28.3. The first-order valence-electron chi connectivity index (χ1n) is 19.4. The van der Waals surface area contributed by atoms with Crippen molar-refractivity contribution in [3.05, 3.63) is 218 Å². The van der Waals surface area contributed by atoms with Crippen LogP contribution in [0.3, 0.4) is 0 Å². The number of benzene rings is 9. The van der Waals surface area contributed by atoms with Gasteiger partial charge in [-0.1, -0.05) is 140 Å². The summed E-state index contributed by atoms with van der Waals surface area (Å²) in [6.07, 6.45) is 0. The number of hydrogen-bond donors (Lipinski definition) is 0. The minimum Gasteiger partial charge on any atom is -0.454 e. The van der Waals surface area contributed by atoms with Gasteiger partial charge in [0.1, 0.15) is 5.58 Å². The van der Waals surface area contributed by atoms with Crippen LogP contribution in [0.1, 0.15) is 0 Å². The summed E-state index contributed by atoms with van der Waals surface area (Å²) in [5, 5.41) is 4.71. The molecule has 0 N–H and O–H groups in total. The second-order valence-electron chi connectivity index (χ2n) is 14.6. The Balaban J connectivity index is 1.05. The normalized spacial score (nSPS) is 11.5. The van der Waals surface area contributed by atoms with Crippen molar-refractivity contribution in [2.24, 2.45) is 0 Å². The summed E-state index contributed by atoms with van der Waals surface area (Å²) in [4.78, 5) is 2.32. The standard InChI is InChI=1S/C54H36N2O/c1-3-14-37(15-4-1)40-34-41(38-16-5-2-6-17-38)36-42(35-40)39-26-28-43(29-27-39)55(52-24-13-21-49-48-20-9-12-25-53(48)57-54(49)52)44-30-32-45(33-31-44)56-50-22-10-7-18-46(50)47-19-8-11-23-51(47)56/h1-36H. The van der Waals surface area contributed by atoms with E-state index in [0.717, 1.165) is 50.3 Å². The Morgan fingerprint density at radius 2 is 0.789 bits per heavy atom. The molecular formula is C54H36N2O. The zero-order chi connectivity index (χ0) is 37.7. The smallest absolute Gasteiger partial charge is 0.159 e. The monoisotopic (exact) mass is 728 g/mol. The first-order valence-corrected chi connectivity index (χ1v) is 19.4. The van der Waals surface area contributed by atoms with Gasteiger partial charge in [-0.15, -0.1) is 0 Å². The fourth-order valence-corrected chi connectivity index (χ4v) is 8.48. The summed E-state index contributed by atoms with van der Waals surface area (Å²) < 4.78 is 9.01. The van der Waals surface area contributed by atoms with Crippen LogP contribution in [-0.4, -0.2) is 4.57 Å². The molecule has 3 nitrogen and oxygen atoms in total. The van der Waals surface area contributed by atoms with Gasteiger partial charge in [0.05, 0.1) is 16.7 Å². The molecule has 0 spiro atoms. The molecule has 2 heterocycles. The van der Waals surface area contributed by atoms with Gasteiger partial charge in [-0.05, 0) is 112 Å². The molecule has 0 fully saturated rings. The van der Waals surface area contributed by atoms with E-state index in [1.807, 2.05) is 12.1 Å². The van der Waals surface area contributed by atoms with Crippen molar-refractivity contribution in [3.8, 4) is 39.1 Å². The number of rotatable bonds is 7. The molecule has 57 heavy (non-hydrogen) atoms. The molecule has 0 aliphatic rings. The SMILES string of the molecule is c1ccc(-c2cc(-c3ccccc3)cc(-c3ccc(N(c4ccc(-n5c6ccccc6c6ccccc65)cc4)c4cccc5c4oc4ccccc45)cc3)c2)cc1. The van der Waals surface area contributed by atoms with Crippen LogP contribution >= 0.6 is 0 Å². The predicted octanol–water partition coefficient (Wildman–Crippen LogP) is 15.2. The molecule has 0 radical (unpaired) electrons. The molecule has 268 valence electrons. The van der Waals surface area contributed by atoms with Gasteiger partial charge in [-0.3, -0.25) is 0 Å². The van der Waals surface area contributed by atoms with E-state index in [1.54, 1.807) is 0 Å². The van der Waals surface area contributed by atoms with Gasteiger partial charge in [0, 0.05) is 38.6 Å². The van der Waals surface area contributed by atoms with Crippen molar-refractivity contribution >= 4 is 60.8 Å². The van der Waals surface area contributed by atoms with Gasteiger partial charge in [0.2, 0.25) is 0 Å². The second kappa shape index (κ2) is 13.6. The topological polar surface area (TPSA) is 21.3 Å². The molecule has 11 rings (SSSR count). The van der Waals surface area contributed by atoms with E-state index in [-0.39, 0.29) is 0 Å². The van der Waals surface area contributed by atoms with Crippen molar-refractivity contribution < 1.29 is 4.42 Å². The highest BCUT2D eigenvalue weighted by atomic mass is 16.3. The third-order valence-corrected chi connectivity index (χ3v) is 11.2. The molecule has 0 saturated heterocycles. The van der Waals surface area contributed by atoms with Crippen LogP contribution in [0.15, 0.2) is 223 Å². The van der Waals surface area contributed by atoms with Crippen molar-refractivity contribution in [2.75, 3.05) is 4.90 Å². The Labute approximate surface area is 330 Å². The number of aromatic nitrogens is 1. The lowest BCUT2D eigenvalue weighted by atomic mass is 9.93. The van der Waals surface area contributed by atoms with Crippen LogP contribution in [0, 0.1) is 0 Å². The molecule has 0 aliphatic carbocycles. The van der Waals surface area contributed by atoms with Crippen LogP contribution < -0.4 is 4.90 Å². The zero-order valence-corrected chi connectivity index (χ0v) is 31.1. The number of furan rings is 1. The maximum atomic E-state index is 6.64. The van der Waals surface area contributed by atoms with Gasteiger partial charge < -0.3 is 13.9 Å². The highest BCUT2D eigenvalue weighted by Crippen LogP contribution is 2.43. The highest BCUT2D eigenvalue weighted by Gasteiger charge is 2.20. The second-order valence-corrected chi connectivity index (χ2v) is 14.6. The van der Waals surface area contributed by atoms with Crippen LogP contribution in [0.2, 0.25) is 0 Å². The summed E-state index contributed by atoms with van der Waals surface area (Å²) in [6.45, 7) is 0. The maximum absolute atomic E-state index is 6.64. The predicted molar refractivity (Wildman–Crippen MR) is 239 cm³/mol. The molecule has 2 aromatic heterocycles. The third-order valence-electron chi connectivity index (χ3n) is 11.2. The fraction of sp³-hybridized carbons (Fsp3) is 0. The number of para-hydroxylation sites is 4. The molecule has 0 atom stereocenters. The molecule has 0 unspecified atom stereocenters. The summed E-state index contributed by atoms with van der Waals surface area (Å²) in [6, 6.07) is 78.1. The van der Waals surface area contributed by atoms with Crippen LogP contribution in [0.4, 0.5) is 17.1 Å². The Bertz CT molecular complexity index is 3100. The highest BCUT2D eigenvalue weighted by molar-refractivity contribution is 6.11. The van der Waals surface area contributed by atoms with Crippen molar-refractivity contribution in [1.82, 2.24) is 4.57 Å². The fourth-order valence-electron chi connectivity index (χ4n) is 8.48. The quantitative estimate of drug-likeness (QED) is 0.163. The van der Waals surface area contributed by atoms with E-state index in [1.165, 1.54) is 49.6 Å². The zero-order valence-electron chi connectivity index (χ0n) is 31.1. The Morgan fingerprint density at radius 1 is 0.333 bits per heavy atom. The Hall–Kier alpha value is -7.62. The Morgan fingerprint density at radius 3 is 1.37 bits per heavy atom. The van der Waals surface area contributed by atoms with E-state index < -0.39 is 0 Å². The maximum Gasteiger partial charge on any atom is 0.159 e. The molecule has 0 saturated carbocycles. The van der Waals surface area contributed by atoms with E-state index in [2.05, 4.69) is 216 Å². The minimum absolute atomic E-state index is 0.859. The average Bonchev–Trinajstić information content (AvgIpc) is 3.84. The molecule has 0 bridgehead atoms. The third kappa shape index (κ3) is 5.68. The molecule has 9 aromatic carbocycles. The molecule has 0 aliphatic heterocycles. The van der Waals surface area contributed by atoms with Crippen molar-refractivity contribution in [3.63, 3.8) is 0 Å². The molecule has 3 heteroatoms. The summed E-state index contributed by atoms with van der Waals surface area (Å²) in [5.74, 6) is 0. The van der Waals surface area contributed by atoms with E-state index in [9.17, 15) is 0 Å². The lowest BCUT2D eigenvalue weighted by Crippen LogP contribution is -2.10. The van der Waals surface area contributed by atoms with Gasteiger partial charge >= 0.3 is 0 Å². The van der Waals surface area contributed by atoms with E-state index in [0.29, 0.717) is 0 Å². The number of hydrogen-bond acceptors (Lipinski definition) is 2. The average molecular weight is 729 g/mol. The van der Waals surface area contributed by atoms with Gasteiger partial charge in [-0.25, -0.2) is 0 Å². The van der Waals surface area contributed by atoms with Crippen molar-refractivity contribution in [2.45, 2.75) is 0 Å². The Kier molecular flexibility index (Phi) is 7.82. The van der Waals surface area contributed by atoms with E-state index >= 15 is 0 Å². The summed E-state index contributed by atoms with van der Waals surface area (Å²) >= 11 is 0. The first kappa shape index (κ1) is 32.8. The van der Waals surface area contributed by atoms with Gasteiger partial charge in [-0.2, -0.15) is 0 Å². The van der Waals surface area contributed by atoms with Crippen LogP contribution in [0.5, 0.6) is 0 Å². The lowest BCUT2D eigenvalue weighted by molar-refractivity contribution is 0.669. The van der Waals surface area contributed by atoms with Gasteiger partial charge in [0.25, 0.3) is 0 Å². The number of fused-ring (bicyclic) bond motifs is 6. The lowest BCUT2D eigenvalue weighted by Gasteiger charge is -2.26. The molecule has 0 amide bonds. The van der Waals surface area contributed by atoms with Crippen molar-refractivity contribution in [1.29, 1.82) is 0 Å². The van der Waals surface area contributed by atoms with Crippen LogP contribution in [-0.2, 0) is 0 Å². The largest absolute Gasteiger partial charge is 0.454 e. The minimum atomic E-state index is 0.859. The number of nitrogens with zero attached hydrogens (tertiary/aromatic N) is 2. The van der Waals surface area contributed by atoms with Gasteiger partial charge in [0.15, 0.2) is 5.58 Å². The van der Waals surface area contributed by atoms with E-state index in [4.69, 9.17) is 4.42 Å². The summed E-state index contributed by atoms with van der Waals surface area (Å²) in [5.41, 5.74) is 15.4. The van der Waals surface area contributed by atoms with Crippen LogP contribution in [0.25, 0.3) is 82.8 Å². The number of anilines is 3.